The molecule has 1 saturated heterocycles. The van der Waals surface area contributed by atoms with Gasteiger partial charge in [0.05, 0.1) is 12.2 Å². The lowest BCUT2D eigenvalue weighted by atomic mass is 9.88. The SMILES string of the molecule is CC(C)CC(CON(C)COC(C)(C)CCOCCCNC(=O)CCN1C(=O)CC(C)C1=O)C(C)C. The van der Waals surface area contributed by atoms with Gasteiger partial charge < -0.3 is 14.8 Å². The van der Waals surface area contributed by atoms with Gasteiger partial charge >= 0.3 is 0 Å². The van der Waals surface area contributed by atoms with E-state index in [9.17, 15) is 14.4 Å². The molecule has 0 aromatic rings. The molecule has 0 aliphatic carbocycles. The van der Waals surface area contributed by atoms with E-state index in [0.717, 1.165) is 12.8 Å². The summed E-state index contributed by atoms with van der Waals surface area (Å²) in [4.78, 5) is 42.7. The van der Waals surface area contributed by atoms with Crippen LogP contribution in [0.15, 0.2) is 0 Å². The molecule has 0 aromatic heterocycles. The molecule has 0 aromatic carbocycles. The van der Waals surface area contributed by atoms with Crippen LogP contribution in [0.25, 0.3) is 0 Å². The molecule has 1 N–H and O–H groups in total. The fourth-order valence-electron chi connectivity index (χ4n) is 3.94. The molecule has 1 aliphatic rings. The normalized spacial score (nSPS) is 17.6. The molecule has 3 amide bonds. The summed E-state index contributed by atoms with van der Waals surface area (Å²) in [6, 6.07) is 0. The van der Waals surface area contributed by atoms with Crippen molar-refractivity contribution < 1.29 is 28.7 Å². The number of amides is 3. The molecule has 0 radical (unpaired) electrons. The van der Waals surface area contributed by atoms with Gasteiger partial charge in [0.25, 0.3) is 0 Å². The molecule has 1 rings (SSSR count). The summed E-state index contributed by atoms with van der Waals surface area (Å²) in [7, 11) is 1.90. The molecule has 2 unspecified atom stereocenters. The van der Waals surface area contributed by atoms with E-state index in [2.05, 4.69) is 33.0 Å². The van der Waals surface area contributed by atoms with Gasteiger partial charge in [-0.3, -0.25) is 24.1 Å². The first-order valence-electron chi connectivity index (χ1n) is 13.5. The minimum Gasteiger partial charge on any atom is -0.381 e. The van der Waals surface area contributed by atoms with Crippen molar-refractivity contribution >= 4 is 17.7 Å². The van der Waals surface area contributed by atoms with E-state index in [1.165, 1.54) is 4.90 Å². The van der Waals surface area contributed by atoms with Gasteiger partial charge in [0.15, 0.2) is 0 Å². The second-order valence-electron chi connectivity index (χ2n) is 11.4. The van der Waals surface area contributed by atoms with Crippen LogP contribution < -0.4 is 5.32 Å². The minimum absolute atomic E-state index is 0.130. The van der Waals surface area contributed by atoms with Gasteiger partial charge in [-0.25, -0.2) is 0 Å². The minimum atomic E-state index is -0.344. The van der Waals surface area contributed by atoms with Crippen molar-refractivity contribution in [3.8, 4) is 0 Å². The smallest absolute Gasteiger partial charge is 0.232 e. The standard InChI is InChI=1S/C27H51N3O6/c1-20(2)16-23(21(3)4)18-36-29(8)19-35-27(6,7)11-15-34-14-9-12-28-24(31)10-13-30-25(32)17-22(5)26(30)33/h20-23H,9-19H2,1-8H3,(H,28,31). The Labute approximate surface area is 218 Å². The second-order valence-corrected chi connectivity index (χ2v) is 11.4. The van der Waals surface area contributed by atoms with E-state index >= 15 is 0 Å². The summed E-state index contributed by atoms with van der Waals surface area (Å²) in [6.07, 6.45) is 2.95. The second kappa shape index (κ2) is 16.3. The Balaban J connectivity index is 2.10. The molecule has 0 spiro atoms. The Hall–Kier alpha value is -1.55. The average molecular weight is 514 g/mol. The Kier molecular flexibility index (Phi) is 14.7. The van der Waals surface area contributed by atoms with E-state index in [4.69, 9.17) is 14.3 Å². The van der Waals surface area contributed by atoms with Crippen LogP contribution in [0.5, 0.6) is 0 Å². The number of nitrogens with zero attached hydrogens (tertiary/aromatic N) is 2. The molecule has 9 heteroatoms. The number of carbonyl (C=O) groups excluding carboxylic acids is 3. The first kappa shape index (κ1) is 32.5. The number of hydroxylamine groups is 2. The predicted octanol–water partition coefficient (Wildman–Crippen LogP) is 3.62. The van der Waals surface area contributed by atoms with Gasteiger partial charge in [-0.1, -0.05) is 34.6 Å². The summed E-state index contributed by atoms with van der Waals surface area (Å²) in [5.41, 5.74) is -0.344. The highest BCUT2D eigenvalue weighted by Gasteiger charge is 2.35. The number of ether oxygens (including phenoxy) is 2. The molecule has 0 bridgehead atoms. The Morgan fingerprint density at radius 2 is 1.89 bits per heavy atom. The van der Waals surface area contributed by atoms with Gasteiger partial charge in [0.1, 0.15) is 6.73 Å². The largest absolute Gasteiger partial charge is 0.381 e. The highest BCUT2D eigenvalue weighted by Crippen LogP contribution is 2.21. The molecular formula is C27H51N3O6. The molecule has 1 fully saturated rings. The number of carbonyl (C=O) groups is 3. The predicted molar refractivity (Wildman–Crippen MR) is 140 cm³/mol. The van der Waals surface area contributed by atoms with Crippen molar-refractivity contribution in [2.75, 3.05) is 46.7 Å². The van der Waals surface area contributed by atoms with Crippen LogP contribution in [-0.2, 0) is 28.7 Å². The Morgan fingerprint density at radius 1 is 1.19 bits per heavy atom. The van der Waals surface area contributed by atoms with Crippen LogP contribution in [0.3, 0.4) is 0 Å². The summed E-state index contributed by atoms with van der Waals surface area (Å²) in [5, 5.41) is 4.57. The van der Waals surface area contributed by atoms with Crippen LogP contribution in [0.1, 0.15) is 80.6 Å². The molecule has 2 atom stereocenters. The molecule has 210 valence electrons. The fourth-order valence-corrected chi connectivity index (χ4v) is 3.94. The average Bonchev–Trinajstić information content (AvgIpc) is 3.03. The fraction of sp³-hybridized carbons (Fsp3) is 0.889. The lowest BCUT2D eigenvalue weighted by molar-refractivity contribution is -0.226. The maximum absolute atomic E-state index is 12.0. The molecule has 36 heavy (non-hydrogen) atoms. The van der Waals surface area contributed by atoms with E-state index in [-0.39, 0.29) is 48.6 Å². The number of likely N-dealkylation sites (tertiary alicyclic amines) is 1. The van der Waals surface area contributed by atoms with E-state index in [1.54, 1.807) is 12.0 Å². The van der Waals surface area contributed by atoms with Crippen LogP contribution in [-0.4, -0.2) is 80.0 Å². The van der Waals surface area contributed by atoms with Gasteiger partial charge in [0, 0.05) is 52.1 Å². The van der Waals surface area contributed by atoms with Crippen LogP contribution in [0.4, 0.5) is 0 Å². The van der Waals surface area contributed by atoms with Crippen molar-refractivity contribution in [3.63, 3.8) is 0 Å². The van der Waals surface area contributed by atoms with E-state index < -0.39 is 0 Å². The highest BCUT2D eigenvalue weighted by molar-refractivity contribution is 6.03. The quantitative estimate of drug-likeness (QED) is 0.122. The summed E-state index contributed by atoms with van der Waals surface area (Å²) < 4.78 is 11.7. The third kappa shape index (κ3) is 13.1. The zero-order valence-corrected chi connectivity index (χ0v) is 23.9. The Morgan fingerprint density at radius 3 is 2.47 bits per heavy atom. The van der Waals surface area contributed by atoms with Gasteiger partial charge in [0.2, 0.25) is 17.7 Å². The van der Waals surface area contributed by atoms with E-state index in [1.807, 2.05) is 20.9 Å². The monoisotopic (exact) mass is 513 g/mol. The summed E-state index contributed by atoms with van der Waals surface area (Å²) >= 11 is 0. The third-order valence-corrected chi connectivity index (χ3v) is 6.53. The topological polar surface area (TPSA) is 97.4 Å². The van der Waals surface area contributed by atoms with Gasteiger partial charge in [-0.05, 0) is 50.9 Å². The van der Waals surface area contributed by atoms with Crippen LogP contribution in [0.2, 0.25) is 0 Å². The lowest BCUT2D eigenvalue weighted by Crippen LogP contribution is -2.35. The van der Waals surface area contributed by atoms with Crippen molar-refractivity contribution in [2.24, 2.45) is 23.7 Å². The highest BCUT2D eigenvalue weighted by atomic mass is 16.7. The number of hydrogen-bond acceptors (Lipinski definition) is 7. The maximum Gasteiger partial charge on any atom is 0.232 e. The molecule has 0 saturated carbocycles. The molecule has 1 aliphatic heterocycles. The van der Waals surface area contributed by atoms with Crippen molar-refractivity contribution in [1.29, 1.82) is 0 Å². The van der Waals surface area contributed by atoms with Crippen molar-refractivity contribution in [3.05, 3.63) is 0 Å². The first-order chi connectivity index (χ1) is 16.8. The maximum atomic E-state index is 12.0. The number of nitrogens with one attached hydrogen (secondary N) is 1. The number of hydrogen-bond donors (Lipinski definition) is 1. The van der Waals surface area contributed by atoms with Crippen LogP contribution >= 0.6 is 0 Å². The van der Waals surface area contributed by atoms with Crippen molar-refractivity contribution in [2.45, 2.75) is 86.2 Å². The molecule has 1 heterocycles. The Bertz CT molecular complexity index is 682. The molecular weight excluding hydrogens is 462 g/mol. The third-order valence-electron chi connectivity index (χ3n) is 6.53. The number of rotatable bonds is 19. The van der Waals surface area contributed by atoms with Crippen molar-refractivity contribution in [1.82, 2.24) is 15.3 Å². The zero-order chi connectivity index (χ0) is 27.3. The molecule has 9 nitrogen and oxygen atoms in total. The number of imide groups is 1. The van der Waals surface area contributed by atoms with Gasteiger partial charge in [-0.2, -0.15) is 5.06 Å². The van der Waals surface area contributed by atoms with Gasteiger partial charge in [-0.15, -0.1) is 0 Å². The first-order valence-corrected chi connectivity index (χ1v) is 13.5. The summed E-state index contributed by atoms with van der Waals surface area (Å²) in [5.74, 6) is 0.939. The summed E-state index contributed by atoms with van der Waals surface area (Å²) in [6.45, 7) is 17.6. The van der Waals surface area contributed by atoms with E-state index in [0.29, 0.717) is 57.3 Å². The van der Waals surface area contributed by atoms with Crippen LogP contribution in [0, 0.1) is 23.7 Å². The zero-order valence-electron chi connectivity index (χ0n) is 23.9. The lowest BCUT2D eigenvalue weighted by Gasteiger charge is -2.29.